The third-order valence-corrected chi connectivity index (χ3v) is 11.3. The zero-order valence-corrected chi connectivity index (χ0v) is 36.5. The number of rotatable bonds is 18. The normalized spacial score (nSPS) is 15.8. The van der Waals surface area contributed by atoms with Gasteiger partial charge in [0.25, 0.3) is 5.56 Å². The molecule has 0 unspecified atom stereocenters. The van der Waals surface area contributed by atoms with Crippen LogP contribution in [0.2, 0.25) is 0 Å². The second kappa shape index (κ2) is 19.9. The molecular weight excluding hydrogens is 825 g/mol. The number of benzene rings is 2. The molecule has 18 nitrogen and oxygen atoms in total. The number of Topliss-reactive ketones (excluding diaryl/α,β-unsaturated/α-hetero) is 1. The van der Waals surface area contributed by atoms with Crippen LogP contribution >= 0.6 is 0 Å². The van der Waals surface area contributed by atoms with E-state index in [0.29, 0.717) is 29.1 Å². The Kier molecular flexibility index (Phi) is 14.5. The molecule has 6 rings (SSSR count). The number of amides is 3. The van der Waals surface area contributed by atoms with Gasteiger partial charge < -0.3 is 46.2 Å². The fourth-order valence-electron chi connectivity index (χ4n) is 7.65. The van der Waals surface area contributed by atoms with Crippen LogP contribution in [0.25, 0.3) is 22.3 Å². The summed E-state index contributed by atoms with van der Waals surface area (Å²) in [7, 11) is 0. The molecule has 0 spiro atoms. The molecule has 3 amide bonds. The highest BCUT2D eigenvalue weighted by atomic mass is 16.7. The molecule has 18 heteroatoms. The first kappa shape index (κ1) is 46.4. The van der Waals surface area contributed by atoms with E-state index < -0.39 is 47.5 Å². The van der Waals surface area contributed by atoms with Gasteiger partial charge in [0.1, 0.15) is 31.1 Å². The fourth-order valence-corrected chi connectivity index (χ4v) is 7.65. The topological polar surface area (TPSA) is 265 Å². The van der Waals surface area contributed by atoms with Gasteiger partial charge in [-0.05, 0) is 61.1 Å². The number of carbonyl (C=O) groups excluding carboxylic acids is 6. The Balaban J connectivity index is 1.11. The number of hydrogen-bond donors (Lipinski definition) is 5. The van der Waals surface area contributed by atoms with Gasteiger partial charge in [-0.15, -0.1) is 0 Å². The van der Waals surface area contributed by atoms with Gasteiger partial charge in [-0.2, -0.15) is 0 Å². The standard InChI is InChI=1S/C46H54N8O10/c1-6-46(32-21-35-39-29(20-28-10-7-8-11-33(28)51-39)22-54(35)42(59)31(32)24-62-43(46)60)64-45(61)63-23-27-13-15-30(16-14-27)50-40(57)34(12-9-19-49-44(47)48)52-41(58)38(26(4)5)53-37(56)18-17-36(55)25(2)3/h7-8,10-11,13-16,20-21,25-26,34,38H,6,9,12,17-19,22-24H2,1-5H3,(H,50,57)(H,52,58)(H,53,56)(H4,47,48,49)/t34-,38-,46-/m0/s1. The Morgan fingerprint density at radius 1 is 0.953 bits per heavy atom. The first-order valence-corrected chi connectivity index (χ1v) is 21.3. The van der Waals surface area contributed by atoms with E-state index in [1.54, 1.807) is 69.5 Å². The van der Waals surface area contributed by atoms with Crippen LogP contribution in [0.4, 0.5) is 10.5 Å². The van der Waals surface area contributed by atoms with E-state index in [4.69, 9.17) is 30.7 Å². The number of cyclic esters (lactones) is 1. The Hall–Kier alpha value is -7.11. The van der Waals surface area contributed by atoms with Crippen LogP contribution in [0.3, 0.4) is 0 Å². The number of nitrogens with zero attached hydrogens (tertiary/aromatic N) is 3. The van der Waals surface area contributed by atoms with E-state index in [1.807, 2.05) is 30.3 Å². The van der Waals surface area contributed by atoms with Gasteiger partial charge in [-0.1, -0.05) is 65.0 Å². The quantitative estimate of drug-likeness (QED) is 0.0360. The van der Waals surface area contributed by atoms with Crippen molar-refractivity contribution in [1.82, 2.24) is 20.2 Å². The molecule has 2 aromatic carbocycles. The Morgan fingerprint density at radius 3 is 2.38 bits per heavy atom. The number of guanidine groups is 1. The molecule has 3 atom stereocenters. The van der Waals surface area contributed by atoms with Crippen molar-refractivity contribution in [2.24, 2.45) is 28.3 Å². The number of ether oxygens (including phenoxy) is 3. The summed E-state index contributed by atoms with van der Waals surface area (Å²) in [6, 6.07) is 15.6. The lowest BCUT2D eigenvalue weighted by Crippen LogP contribution is -2.54. The third kappa shape index (κ3) is 10.4. The lowest BCUT2D eigenvalue weighted by molar-refractivity contribution is -0.175. The highest BCUT2D eigenvalue weighted by molar-refractivity contribution is 5.98. The molecule has 2 aliphatic rings. The molecule has 0 aliphatic carbocycles. The minimum atomic E-state index is -1.96. The van der Waals surface area contributed by atoms with E-state index in [9.17, 15) is 33.6 Å². The van der Waals surface area contributed by atoms with Crippen molar-refractivity contribution in [2.75, 3.05) is 11.9 Å². The average Bonchev–Trinajstić information content (AvgIpc) is 3.62. The molecule has 0 saturated carbocycles. The summed E-state index contributed by atoms with van der Waals surface area (Å²) in [6.07, 6.45) is -0.760. The van der Waals surface area contributed by atoms with Crippen molar-refractivity contribution >= 4 is 58.2 Å². The molecule has 64 heavy (non-hydrogen) atoms. The predicted octanol–water partition coefficient (Wildman–Crippen LogP) is 4.06. The molecule has 0 radical (unpaired) electrons. The Bertz CT molecular complexity index is 2550. The Labute approximate surface area is 369 Å². The van der Waals surface area contributed by atoms with E-state index >= 15 is 0 Å². The number of aromatic nitrogens is 2. The maximum Gasteiger partial charge on any atom is 0.510 e. The molecule has 338 valence electrons. The van der Waals surface area contributed by atoms with E-state index in [0.717, 1.165) is 16.5 Å². The van der Waals surface area contributed by atoms with Gasteiger partial charge in [0, 0.05) is 47.5 Å². The lowest BCUT2D eigenvalue weighted by atomic mass is 9.85. The smallest absolute Gasteiger partial charge is 0.457 e. The van der Waals surface area contributed by atoms with Crippen LogP contribution in [0, 0.1) is 11.8 Å². The minimum Gasteiger partial charge on any atom is -0.457 e. The number of esters is 1. The molecule has 7 N–H and O–H groups in total. The zero-order valence-electron chi connectivity index (χ0n) is 36.5. The number of hydrogen-bond acceptors (Lipinski definition) is 12. The lowest BCUT2D eigenvalue weighted by Gasteiger charge is -2.35. The third-order valence-electron chi connectivity index (χ3n) is 11.3. The Morgan fingerprint density at radius 2 is 1.69 bits per heavy atom. The number of nitrogens with one attached hydrogen (secondary N) is 3. The number of pyridine rings is 2. The molecule has 0 saturated heterocycles. The van der Waals surface area contributed by atoms with Crippen molar-refractivity contribution in [2.45, 2.75) is 104 Å². The van der Waals surface area contributed by atoms with Crippen LogP contribution in [-0.2, 0) is 63.5 Å². The number of carbonyl (C=O) groups is 6. The monoisotopic (exact) mass is 878 g/mol. The van der Waals surface area contributed by atoms with E-state index in [2.05, 4.69) is 20.9 Å². The van der Waals surface area contributed by atoms with Crippen molar-refractivity contribution in [3.63, 3.8) is 0 Å². The zero-order chi connectivity index (χ0) is 46.3. The summed E-state index contributed by atoms with van der Waals surface area (Å²) < 4.78 is 18.2. The summed E-state index contributed by atoms with van der Waals surface area (Å²) in [5.41, 5.74) is 12.5. The molecule has 2 aromatic heterocycles. The van der Waals surface area contributed by atoms with Crippen molar-refractivity contribution < 1.29 is 43.0 Å². The first-order chi connectivity index (χ1) is 30.5. The number of aliphatic imine (C=N–C) groups is 1. The molecule has 0 bridgehead atoms. The van der Waals surface area contributed by atoms with Gasteiger partial charge in [0.15, 0.2) is 5.96 Å². The van der Waals surface area contributed by atoms with Gasteiger partial charge in [-0.3, -0.25) is 29.0 Å². The number of anilines is 1. The molecule has 4 aromatic rings. The van der Waals surface area contributed by atoms with Crippen molar-refractivity contribution in [3.05, 3.63) is 93.3 Å². The van der Waals surface area contributed by atoms with E-state index in [-0.39, 0.29) is 92.3 Å². The number of ketones is 1. The first-order valence-electron chi connectivity index (χ1n) is 21.3. The summed E-state index contributed by atoms with van der Waals surface area (Å²) in [4.78, 5) is 101. The van der Waals surface area contributed by atoms with Crippen molar-refractivity contribution in [1.29, 1.82) is 0 Å². The van der Waals surface area contributed by atoms with Crippen LogP contribution in [0.5, 0.6) is 0 Å². The predicted molar refractivity (Wildman–Crippen MR) is 236 cm³/mol. The van der Waals surface area contributed by atoms with Crippen LogP contribution in [0.15, 0.2) is 70.5 Å². The fraction of sp³-hybridized carbons (Fsp3) is 0.413. The highest BCUT2D eigenvalue weighted by Crippen LogP contribution is 2.41. The van der Waals surface area contributed by atoms with Crippen molar-refractivity contribution in [3.8, 4) is 11.4 Å². The molecular formula is C46H54N8O10. The van der Waals surface area contributed by atoms with Gasteiger partial charge >= 0.3 is 12.1 Å². The summed E-state index contributed by atoms with van der Waals surface area (Å²) >= 11 is 0. The molecule has 2 aliphatic heterocycles. The summed E-state index contributed by atoms with van der Waals surface area (Å²) in [5.74, 6) is -3.18. The highest BCUT2D eigenvalue weighted by Gasteiger charge is 2.51. The maximum absolute atomic E-state index is 13.9. The van der Waals surface area contributed by atoms with Gasteiger partial charge in [0.05, 0.1) is 29.0 Å². The SMILES string of the molecule is CC[C@@]1(OC(=O)OCc2ccc(NC(=O)[C@H](CCCN=C(N)N)NC(=O)[C@@H](NC(=O)CCC(=O)C(C)C)C(C)C)cc2)C(=O)OCc2c1cc1n(c2=O)Cc2cc3ccccc3nc2-1. The molecule has 4 heterocycles. The molecule has 0 fully saturated rings. The van der Waals surface area contributed by atoms with Gasteiger partial charge in [0.2, 0.25) is 23.3 Å². The number of fused-ring (bicyclic) bond motifs is 5. The second-order valence-corrected chi connectivity index (χ2v) is 16.5. The number of para-hydroxylation sites is 1. The van der Waals surface area contributed by atoms with Crippen LogP contribution < -0.4 is 33.0 Å². The average molecular weight is 879 g/mol. The van der Waals surface area contributed by atoms with E-state index in [1.165, 1.54) is 0 Å². The number of nitrogens with two attached hydrogens (primary N) is 2. The summed E-state index contributed by atoms with van der Waals surface area (Å²) in [5, 5.41) is 9.15. The minimum absolute atomic E-state index is 0.0450. The maximum atomic E-state index is 13.9. The summed E-state index contributed by atoms with van der Waals surface area (Å²) in [6.45, 7) is 8.56. The largest absolute Gasteiger partial charge is 0.510 e. The van der Waals surface area contributed by atoms with Crippen LogP contribution in [0.1, 0.15) is 89.0 Å². The van der Waals surface area contributed by atoms with Gasteiger partial charge in [-0.25, -0.2) is 14.6 Å². The second-order valence-electron chi connectivity index (χ2n) is 16.5. The van der Waals surface area contributed by atoms with Crippen LogP contribution in [-0.4, -0.2) is 69.8 Å².